The van der Waals surface area contributed by atoms with Crippen molar-refractivity contribution in [2.24, 2.45) is 21.7 Å². The van der Waals surface area contributed by atoms with Crippen LogP contribution in [0.4, 0.5) is 0 Å². The van der Waals surface area contributed by atoms with Gasteiger partial charge in [0, 0.05) is 0 Å². The second-order valence-corrected chi connectivity index (χ2v) is 10.1. The van der Waals surface area contributed by atoms with Gasteiger partial charge in [-0.2, -0.15) is 0 Å². The molecule has 0 amide bonds. The molecule has 0 aliphatic heterocycles. The van der Waals surface area contributed by atoms with Crippen molar-refractivity contribution in [3.05, 3.63) is 0 Å². The topological polar surface area (TPSA) is 52.6 Å². The summed E-state index contributed by atoms with van der Waals surface area (Å²) in [6.45, 7) is 4.49. The molecule has 6 heteroatoms. The molecule has 0 N–H and O–H groups in total. The van der Waals surface area contributed by atoms with Crippen LogP contribution in [0.3, 0.4) is 0 Å². The van der Waals surface area contributed by atoms with Gasteiger partial charge in [-0.05, 0) is 60.2 Å². The van der Waals surface area contributed by atoms with Gasteiger partial charge in [0.25, 0.3) is 0 Å². The van der Waals surface area contributed by atoms with Gasteiger partial charge in [0.15, 0.2) is 0 Å². The molecule has 0 aromatic rings. The second-order valence-electron chi connectivity index (χ2n) is 9.18. The summed E-state index contributed by atoms with van der Waals surface area (Å²) in [4.78, 5) is 24.4. The van der Waals surface area contributed by atoms with E-state index in [0.29, 0.717) is 6.42 Å². The minimum absolute atomic E-state index is 0.0336. The summed E-state index contributed by atoms with van der Waals surface area (Å²) in [5.41, 5.74) is -0.667. The van der Waals surface area contributed by atoms with Crippen LogP contribution < -0.4 is 0 Å². The molecule has 4 aliphatic rings. The molecule has 24 heavy (non-hydrogen) atoms. The van der Waals surface area contributed by atoms with Crippen LogP contribution in [0.15, 0.2) is 0 Å². The van der Waals surface area contributed by atoms with E-state index in [4.69, 9.17) is 32.7 Å². The standard InChI is InChI=1S/C18H26Cl2O4/c1-15-5-16(2)8-17(6-15,11(19)13(21)23-3)10-18(7-15,9-16)12(20)14(22)24-4/h11-12H,5-10H2,1-4H3. The molecule has 4 bridgehead atoms. The Kier molecular flexibility index (Phi) is 4.20. The van der Waals surface area contributed by atoms with Crippen LogP contribution in [0.2, 0.25) is 0 Å². The molecular weight excluding hydrogens is 351 g/mol. The molecule has 136 valence electrons. The summed E-state index contributed by atoms with van der Waals surface area (Å²) < 4.78 is 9.87. The lowest BCUT2D eigenvalue weighted by Gasteiger charge is -2.70. The average Bonchev–Trinajstić information content (AvgIpc) is 2.48. The number of hydrogen-bond acceptors (Lipinski definition) is 4. The van der Waals surface area contributed by atoms with Gasteiger partial charge in [0.1, 0.15) is 10.8 Å². The van der Waals surface area contributed by atoms with Crippen LogP contribution in [0.5, 0.6) is 0 Å². The first-order chi connectivity index (χ1) is 11.0. The van der Waals surface area contributed by atoms with Crippen molar-refractivity contribution in [2.45, 2.75) is 63.1 Å². The fraction of sp³-hybridized carbons (Fsp3) is 0.889. The Bertz CT molecular complexity index is 513. The molecule has 0 saturated heterocycles. The Morgan fingerprint density at radius 2 is 1.08 bits per heavy atom. The highest BCUT2D eigenvalue weighted by Gasteiger charge is 2.70. The van der Waals surface area contributed by atoms with Crippen molar-refractivity contribution in [2.75, 3.05) is 14.2 Å². The minimum atomic E-state index is -0.706. The van der Waals surface area contributed by atoms with Crippen LogP contribution in [-0.2, 0) is 19.1 Å². The Morgan fingerprint density at radius 1 is 0.750 bits per heavy atom. The lowest BCUT2D eigenvalue weighted by molar-refractivity contribution is -0.199. The van der Waals surface area contributed by atoms with E-state index >= 15 is 0 Å². The van der Waals surface area contributed by atoms with Gasteiger partial charge in [-0.3, -0.25) is 9.59 Å². The number of hydrogen-bond donors (Lipinski definition) is 0. The van der Waals surface area contributed by atoms with Crippen LogP contribution in [0, 0.1) is 21.7 Å². The van der Waals surface area contributed by atoms with E-state index in [1.165, 1.54) is 14.2 Å². The van der Waals surface area contributed by atoms with Gasteiger partial charge in [0.2, 0.25) is 0 Å². The Labute approximate surface area is 153 Å². The highest BCUT2D eigenvalue weighted by molar-refractivity contribution is 6.31. The van der Waals surface area contributed by atoms with Gasteiger partial charge in [-0.15, -0.1) is 23.2 Å². The molecule has 2 unspecified atom stereocenters. The van der Waals surface area contributed by atoms with Crippen LogP contribution in [0.1, 0.15) is 52.4 Å². The summed E-state index contributed by atoms with van der Waals surface area (Å²) in [6.07, 6.45) is 5.28. The number of carbonyl (C=O) groups is 2. The number of carbonyl (C=O) groups excluding carboxylic acids is 2. The molecule has 4 aliphatic carbocycles. The number of halogens is 2. The summed E-state index contributed by atoms with van der Waals surface area (Å²) >= 11 is 13.2. The second kappa shape index (κ2) is 5.51. The van der Waals surface area contributed by atoms with E-state index in [1.807, 2.05) is 0 Å². The monoisotopic (exact) mass is 376 g/mol. The third kappa shape index (κ3) is 2.56. The normalized spacial score (nSPS) is 45.6. The van der Waals surface area contributed by atoms with Crippen molar-refractivity contribution >= 4 is 35.1 Å². The van der Waals surface area contributed by atoms with Gasteiger partial charge in [0.05, 0.1) is 14.2 Å². The first-order valence-electron chi connectivity index (χ1n) is 8.47. The van der Waals surface area contributed by atoms with Gasteiger partial charge in [-0.25, -0.2) is 0 Å². The third-order valence-corrected chi connectivity index (χ3v) is 7.85. The summed E-state index contributed by atoms with van der Waals surface area (Å²) in [6, 6.07) is 0. The summed E-state index contributed by atoms with van der Waals surface area (Å²) in [5, 5.41) is -1.41. The molecule has 4 fully saturated rings. The predicted molar refractivity (Wildman–Crippen MR) is 92.1 cm³/mol. The third-order valence-electron chi connectivity index (χ3n) is 6.56. The van der Waals surface area contributed by atoms with Gasteiger partial charge in [-0.1, -0.05) is 13.8 Å². The molecule has 0 aromatic carbocycles. The van der Waals surface area contributed by atoms with E-state index in [9.17, 15) is 9.59 Å². The maximum atomic E-state index is 12.2. The Balaban J connectivity index is 2.06. The molecule has 0 aromatic heterocycles. The Hall–Kier alpha value is -0.480. The van der Waals surface area contributed by atoms with Crippen molar-refractivity contribution < 1.29 is 19.1 Å². The van der Waals surface area contributed by atoms with E-state index < -0.39 is 10.8 Å². The minimum Gasteiger partial charge on any atom is -0.468 e. The number of alkyl halides is 2. The zero-order valence-corrected chi connectivity index (χ0v) is 16.3. The molecule has 4 saturated carbocycles. The lowest BCUT2D eigenvalue weighted by Crippen LogP contribution is -2.65. The maximum absolute atomic E-state index is 12.2. The predicted octanol–water partition coefficient (Wildman–Crippen LogP) is 3.91. The smallest absolute Gasteiger partial charge is 0.324 e. The number of rotatable bonds is 4. The molecule has 2 atom stereocenters. The quantitative estimate of drug-likeness (QED) is 0.551. The number of ether oxygens (including phenoxy) is 2. The summed E-state index contributed by atoms with van der Waals surface area (Å²) in [7, 11) is 2.74. The summed E-state index contributed by atoms with van der Waals surface area (Å²) in [5.74, 6) is -0.768. The first-order valence-corrected chi connectivity index (χ1v) is 9.34. The zero-order chi connectivity index (χ0) is 18.0. The van der Waals surface area contributed by atoms with Crippen molar-refractivity contribution in [3.63, 3.8) is 0 Å². The van der Waals surface area contributed by atoms with Crippen LogP contribution >= 0.6 is 23.2 Å². The lowest BCUT2D eigenvalue weighted by atomic mass is 9.35. The number of esters is 2. The number of methoxy groups -OCH3 is 2. The molecular formula is C18H26Cl2O4. The molecule has 0 radical (unpaired) electrons. The fourth-order valence-electron chi connectivity index (χ4n) is 7.13. The SMILES string of the molecule is COC(=O)C(Cl)C12CC3(C)CC(C)(C1)CC(C(Cl)C(=O)OC)(C3)C2. The zero-order valence-electron chi connectivity index (χ0n) is 14.8. The van der Waals surface area contributed by atoms with E-state index in [2.05, 4.69) is 13.8 Å². The van der Waals surface area contributed by atoms with E-state index in [1.54, 1.807) is 0 Å². The van der Waals surface area contributed by atoms with E-state index in [0.717, 1.165) is 32.1 Å². The fourth-order valence-corrected chi connectivity index (χ4v) is 7.77. The van der Waals surface area contributed by atoms with Crippen LogP contribution in [-0.4, -0.2) is 36.9 Å². The van der Waals surface area contributed by atoms with Crippen molar-refractivity contribution in [1.29, 1.82) is 0 Å². The first kappa shape index (κ1) is 18.3. The Morgan fingerprint density at radius 3 is 1.38 bits per heavy atom. The van der Waals surface area contributed by atoms with Crippen LogP contribution in [0.25, 0.3) is 0 Å². The average molecular weight is 377 g/mol. The highest BCUT2D eigenvalue weighted by atomic mass is 35.5. The van der Waals surface area contributed by atoms with Crippen molar-refractivity contribution in [1.82, 2.24) is 0 Å². The van der Waals surface area contributed by atoms with Gasteiger partial charge >= 0.3 is 11.9 Å². The van der Waals surface area contributed by atoms with Crippen molar-refractivity contribution in [3.8, 4) is 0 Å². The molecule has 4 rings (SSSR count). The molecule has 0 heterocycles. The van der Waals surface area contributed by atoms with Gasteiger partial charge < -0.3 is 9.47 Å². The molecule has 4 nitrogen and oxygen atoms in total. The van der Waals surface area contributed by atoms with E-state index in [-0.39, 0.29) is 33.6 Å². The largest absolute Gasteiger partial charge is 0.468 e. The highest BCUT2D eigenvalue weighted by Crippen LogP contribution is 2.76. The maximum Gasteiger partial charge on any atom is 0.324 e. The molecule has 0 spiro atoms.